The van der Waals surface area contributed by atoms with Crippen LogP contribution in [0.4, 0.5) is 5.69 Å². The first-order valence-corrected chi connectivity index (χ1v) is 12.9. The van der Waals surface area contributed by atoms with E-state index in [1.165, 1.54) is 42.2 Å². The van der Waals surface area contributed by atoms with E-state index in [1.807, 2.05) is 12.1 Å². The lowest BCUT2D eigenvalue weighted by molar-refractivity contribution is 0.0254. The molecule has 3 N–H and O–H groups in total. The Hall–Kier alpha value is -3.08. The van der Waals surface area contributed by atoms with Gasteiger partial charge in [-0.05, 0) is 89.3 Å². The summed E-state index contributed by atoms with van der Waals surface area (Å²) in [5.74, 6) is 1.33. The lowest BCUT2D eigenvalue weighted by atomic mass is 9.49. The van der Waals surface area contributed by atoms with Crippen molar-refractivity contribution in [2.24, 2.45) is 11.3 Å². The lowest BCUT2D eigenvalue weighted by Gasteiger charge is -2.55. The molecular weight excluding hydrogens is 434 g/mol. The van der Waals surface area contributed by atoms with E-state index < -0.39 is 0 Å². The van der Waals surface area contributed by atoms with Gasteiger partial charge in [0.25, 0.3) is 5.91 Å². The third-order valence-corrected chi connectivity index (χ3v) is 8.72. The monoisotopic (exact) mass is 471 g/mol. The van der Waals surface area contributed by atoms with Gasteiger partial charge in [-0.2, -0.15) is 0 Å². The number of amides is 1. The molecular formula is C30H37N3O2. The number of nitrogens with two attached hydrogens (primary N) is 1. The fourth-order valence-corrected chi connectivity index (χ4v) is 6.72. The molecule has 3 aromatic rings. The number of carbonyl (C=O) groups excluding carboxylic acids is 1. The summed E-state index contributed by atoms with van der Waals surface area (Å²) in [6, 6.07) is 14.5. The number of rotatable bonds is 5. The maximum absolute atomic E-state index is 13.0. The van der Waals surface area contributed by atoms with E-state index in [1.54, 1.807) is 12.1 Å². The molecule has 1 heterocycles. The summed E-state index contributed by atoms with van der Waals surface area (Å²) >= 11 is 0. The van der Waals surface area contributed by atoms with Crippen molar-refractivity contribution in [2.45, 2.75) is 71.1 Å². The minimum atomic E-state index is -0.179. The van der Waals surface area contributed by atoms with E-state index >= 15 is 0 Å². The van der Waals surface area contributed by atoms with Crippen LogP contribution in [0.1, 0.15) is 86.5 Å². The van der Waals surface area contributed by atoms with Crippen LogP contribution in [0.5, 0.6) is 0 Å². The Morgan fingerprint density at radius 2 is 1.94 bits per heavy atom. The molecule has 2 aliphatic carbocycles. The molecule has 2 aliphatic rings. The van der Waals surface area contributed by atoms with Crippen molar-refractivity contribution in [3.63, 3.8) is 0 Å². The fraction of sp³-hybridized carbons (Fsp3) is 0.467. The number of anilines is 1. The van der Waals surface area contributed by atoms with Crippen LogP contribution >= 0.6 is 0 Å². The molecule has 0 spiro atoms. The zero-order valence-electron chi connectivity index (χ0n) is 21.4. The summed E-state index contributed by atoms with van der Waals surface area (Å²) in [5.41, 5.74) is 12.2. The van der Waals surface area contributed by atoms with E-state index in [2.05, 4.69) is 56.2 Å². The average Bonchev–Trinajstić information content (AvgIpc) is 3.33. The van der Waals surface area contributed by atoms with E-state index in [4.69, 9.17) is 10.2 Å². The number of fused-ring (bicyclic) bond motifs is 3. The van der Waals surface area contributed by atoms with Gasteiger partial charge in [-0.15, -0.1) is 0 Å². The maximum atomic E-state index is 13.0. The molecule has 3 unspecified atom stereocenters. The number of hydrogen-bond acceptors (Lipinski definition) is 4. The number of nitrogens with zero attached hydrogens (tertiary/aromatic N) is 1. The second kappa shape index (κ2) is 8.85. The van der Waals surface area contributed by atoms with Gasteiger partial charge in [-0.3, -0.25) is 4.79 Å². The molecule has 35 heavy (non-hydrogen) atoms. The van der Waals surface area contributed by atoms with Gasteiger partial charge in [-0.1, -0.05) is 52.3 Å². The van der Waals surface area contributed by atoms with Gasteiger partial charge in [0.05, 0.1) is 0 Å². The Labute approximate surface area is 208 Å². The zero-order chi connectivity index (χ0) is 24.8. The first-order valence-electron chi connectivity index (χ1n) is 12.9. The van der Waals surface area contributed by atoms with Crippen molar-refractivity contribution in [2.75, 3.05) is 12.3 Å². The molecule has 1 amide bonds. The van der Waals surface area contributed by atoms with Crippen LogP contribution in [0.15, 0.2) is 53.1 Å². The van der Waals surface area contributed by atoms with Gasteiger partial charge < -0.3 is 15.5 Å². The third-order valence-electron chi connectivity index (χ3n) is 8.72. The number of benzene rings is 2. The molecule has 0 aliphatic heterocycles. The molecule has 5 heteroatoms. The van der Waals surface area contributed by atoms with Gasteiger partial charge in [0.1, 0.15) is 6.26 Å². The molecule has 5 nitrogen and oxygen atoms in total. The first kappa shape index (κ1) is 23.7. The smallest absolute Gasteiger partial charge is 0.273 e. The van der Waals surface area contributed by atoms with E-state index in [9.17, 15) is 4.79 Å². The second-order valence-corrected chi connectivity index (χ2v) is 11.4. The molecule has 0 radical (unpaired) electrons. The Morgan fingerprint density at radius 1 is 1.17 bits per heavy atom. The van der Waals surface area contributed by atoms with Crippen molar-refractivity contribution in [1.82, 2.24) is 10.3 Å². The van der Waals surface area contributed by atoms with Crippen molar-refractivity contribution in [3.8, 4) is 11.5 Å². The van der Waals surface area contributed by atoms with Crippen LogP contribution in [-0.4, -0.2) is 17.4 Å². The molecule has 0 bridgehead atoms. The van der Waals surface area contributed by atoms with Crippen LogP contribution in [0, 0.1) is 11.3 Å². The SMILES string of the molecule is CC(C)c1ccc2c(c1)CCC1C(C)(CNC(=O)c3coc(-c4ccc(N)cc4)n3)CCCC21C. The molecule has 5 rings (SSSR count). The number of carbonyl (C=O) groups is 1. The summed E-state index contributed by atoms with van der Waals surface area (Å²) in [4.78, 5) is 17.4. The number of nitrogens with one attached hydrogen (secondary N) is 1. The number of hydrogen-bond donors (Lipinski definition) is 2. The maximum Gasteiger partial charge on any atom is 0.273 e. The van der Waals surface area contributed by atoms with E-state index in [0.29, 0.717) is 35.7 Å². The van der Waals surface area contributed by atoms with Gasteiger partial charge in [0.2, 0.25) is 5.89 Å². The Morgan fingerprint density at radius 3 is 2.69 bits per heavy atom. The Kier molecular flexibility index (Phi) is 5.98. The van der Waals surface area contributed by atoms with E-state index in [0.717, 1.165) is 18.4 Å². The number of aryl methyl sites for hydroxylation is 1. The predicted octanol–water partition coefficient (Wildman–Crippen LogP) is 6.49. The Balaban J connectivity index is 1.32. The summed E-state index contributed by atoms with van der Waals surface area (Å²) in [7, 11) is 0. The highest BCUT2D eigenvalue weighted by atomic mass is 16.3. The standard InChI is InChI=1S/C30H37N3O2/c1-19(2)21-8-12-24-22(16-21)9-13-26-29(3,14-5-15-30(24,26)4)18-32-27(34)25-17-35-28(33-25)20-6-10-23(31)11-7-20/h6-8,10-12,16-17,19,26H,5,9,13-15,18,31H2,1-4H3,(H,32,34). The summed E-state index contributed by atoms with van der Waals surface area (Å²) in [6.45, 7) is 10.0. The Bertz CT molecular complexity index is 1230. The number of aromatic nitrogens is 1. The minimum Gasteiger partial charge on any atom is -0.444 e. The average molecular weight is 472 g/mol. The zero-order valence-corrected chi connectivity index (χ0v) is 21.4. The summed E-state index contributed by atoms with van der Waals surface area (Å²) in [5, 5.41) is 3.20. The van der Waals surface area contributed by atoms with Crippen molar-refractivity contribution in [3.05, 3.63) is 71.1 Å². The highest BCUT2D eigenvalue weighted by Crippen LogP contribution is 2.57. The lowest BCUT2D eigenvalue weighted by Crippen LogP contribution is -2.53. The quantitative estimate of drug-likeness (QED) is 0.417. The van der Waals surface area contributed by atoms with Crippen LogP contribution < -0.4 is 11.1 Å². The highest BCUT2D eigenvalue weighted by Gasteiger charge is 2.51. The molecule has 1 fully saturated rings. The summed E-state index contributed by atoms with van der Waals surface area (Å²) < 4.78 is 5.58. The molecule has 3 atom stereocenters. The van der Waals surface area contributed by atoms with Crippen LogP contribution in [-0.2, 0) is 11.8 Å². The van der Waals surface area contributed by atoms with Crippen LogP contribution in [0.2, 0.25) is 0 Å². The van der Waals surface area contributed by atoms with Gasteiger partial charge in [0, 0.05) is 17.8 Å². The van der Waals surface area contributed by atoms with Gasteiger partial charge >= 0.3 is 0 Å². The third kappa shape index (κ3) is 4.26. The highest BCUT2D eigenvalue weighted by molar-refractivity contribution is 5.92. The molecule has 0 saturated heterocycles. The number of nitrogen functional groups attached to an aromatic ring is 1. The first-order chi connectivity index (χ1) is 16.7. The molecule has 2 aromatic carbocycles. The normalized spacial score (nSPS) is 25.7. The largest absolute Gasteiger partial charge is 0.444 e. The summed E-state index contributed by atoms with van der Waals surface area (Å²) in [6.07, 6.45) is 7.25. The van der Waals surface area contributed by atoms with Crippen molar-refractivity contribution >= 4 is 11.6 Å². The van der Waals surface area contributed by atoms with Crippen molar-refractivity contribution in [1.29, 1.82) is 0 Å². The van der Waals surface area contributed by atoms with Gasteiger partial charge in [-0.25, -0.2) is 4.98 Å². The second-order valence-electron chi connectivity index (χ2n) is 11.4. The van der Waals surface area contributed by atoms with Crippen LogP contribution in [0.3, 0.4) is 0 Å². The predicted molar refractivity (Wildman–Crippen MR) is 140 cm³/mol. The van der Waals surface area contributed by atoms with Crippen molar-refractivity contribution < 1.29 is 9.21 Å². The van der Waals surface area contributed by atoms with E-state index in [-0.39, 0.29) is 16.7 Å². The van der Waals surface area contributed by atoms with Gasteiger partial charge in [0.15, 0.2) is 5.69 Å². The molecule has 1 aromatic heterocycles. The fourth-order valence-electron chi connectivity index (χ4n) is 6.72. The van der Waals surface area contributed by atoms with Crippen LogP contribution in [0.25, 0.3) is 11.5 Å². The number of oxazole rings is 1. The minimum absolute atomic E-state index is 0.0423. The molecule has 184 valence electrons. The molecule has 1 saturated carbocycles. The topological polar surface area (TPSA) is 81.2 Å².